The van der Waals surface area contributed by atoms with Crippen LogP contribution in [0, 0.1) is 6.92 Å². The van der Waals surface area contributed by atoms with Gasteiger partial charge < -0.3 is 23.7 Å². The zero-order valence-electron chi connectivity index (χ0n) is 21.6. The highest BCUT2D eigenvalue weighted by Gasteiger charge is 2.25. The van der Waals surface area contributed by atoms with E-state index in [1.54, 1.807) is 13.3 Å². The van der Waals surface area contributed by atoms with E-state index >= 15 is 0 Å². The lowest BCUT2D eigenvalue weighted by molar-refractivity contribution is -0.137. The summed E-state index contributed by atoms with van der Waals surface area (Å²) < 4.78 is 22.4. The number of nitrogens with zero attached hydrogens (tertiary/aromatic N) is 3. The standard InChI is InChI=1S/C29H29N3O6/c1-17-25(12-13-37-22-10-11-23-20(14-22)8-9-21(23)15-26(33)34)31-27(38-17)19-6-4-18(5-7-19)24-16-30-29(36-3)32-28(24)35-2/h4-7,10-11,14,16,21H,8-9,12-13,15H2,1-3H3,(H,33,34)/t21-/m0/s1. The van der Waals surface area contributed by atoms with E-state index in [-0.39, 0.29) is 18.3 Å². The van der Waals surface area contributed by atoms with Crippen LogP contribution < -0.4 is 14.2 Å². The van der Waals surface area contributed by atoms with E-state index in [1.807, 2.05) is 49.4 Å². The normalized spacial score (nSPS) is 14.2. The molecule has 0 amide bonds. The lowest BCUT2D eigenvalue weighted by Gasteiger charge is -2.10. The second kappa shape index (κ2) is 10.9. The van der Waals surface area contributed by atoms with Crippen molar-refractivity contribution in [2.45, 2.75) is 38.5 Å². The molecule has 38 heavy (non-hydrogen) atoms. The Bertz CT molecular complexity index is 1450. The second-order valence-electron chi connectivity index (χ2n) is 9.17. The maximum absolute atomic E-state index is 11.1. The Labute approximate surface area is 220 Å². The molecule has 2 aromatic carbocycles. The van der Waals surface area contributed by atoms with Gasteiger partial charge in [-0.2, -0.15) is 4.98 Å². The molecule has 9 heteroatoms. The Balaban J connectivity index is 1.22. The van der Waals surface area contributed by atoms with E-state index in [0.29, 0.717) is 24.8 Å². The highest BCUT2D eigenvalue weighted by Crippen LogP contribution is 2.37. The van der Waals surface area contributed by atoms with E-state index < -0.39 is 5.97 Å². The number of aromatic nitrogens is 3. The zero-order chi connectivity index (χ0) is 26.6. The van der Waals surface area contributed by atoms with Crippen molar-refractivity contribution in [1.82, 2.24) is 15.0 Å². The van der Waals surface area contributed by atoms with Gasteiger partial charge >= 0.3 is 12.0 Å². The van der Waals surface area contributed by atoms with Gasteiger partial charge in [-0.05, 0) is 66.6 Å². The highest BCUT2D eigenvalue weighted by atomic mass is 16.5. The molecule has 0 fully saturated rings. The zero-order valence-corrected chi connectivity index (χ0v) is 21.6. The van der Waals surface area contributed by atoms with Crippen molar-refractivity contribution < 1.29 is 28.5 Å². The summed E-state index contributed by atoms with van der Waals surface area (Å²) in [5.74, 6) is 1.85. The van der Waals surface area contributed by atoms with Crippen LogP contribution in [0.1, 0.15) is 41.3 Å². The van der Waals surface area contributed by atoms with Crippen molar-refractivity contribution in [2.75, 3.05) is 20.8 Å². The van der Waals surface area contributed by atoms with Gasteiger partial charge in [0.2, 0.25) is 11.8 Å². The Morgan fingerprint density at radius 1 is 1.08 bits per heavy atom. The van der Waals surface area contributed by atoms with Crippen LogP contribution in [0.15, 0.2) is 53.1 Å². The quantitative estimate of drug-likeness (QED) is 0.302. The molecule has 0 saturated carbocycles. The highest BCUT2D eigenvalue weighted by molar-refractivity contribution is 5.71. The first kappa shape index (κ1) is 25.3. The fraction of sp³-hybridized carbons (Fsp3) is 0.310. The SMILES string of the molecule is COc1ncc(-c2ccc(-c3nc(CCOc4ccc5c(c4)CC[C@H]5CC(=O)O)c(C)o3)cc2)c(OC)n1. The van der Waals surface area contributed by atoms with Crippen molar-refractivity contribution in [3.63, 3.8) is 0 Å². The van der Waals surface area contributed by atoms with E-state index in [9.17, 15) is 4.79 Å². The summed E-state index contributed by atoms with van der Waals surface area (Å²) in [6.07, 6.45) is 4.20. The molecule has 5 rings (SSSR count). The van der Waals surface area contributed by atoms with Gasteiger partial charge in [-0.1, -0.05) is 18.2 Å². The molecule has 2 aromatic heterocycles. The summed E-state index contributed by atoms with van der Waals surface area (Å²) in [5.41, 5.74) is 5.65. The lowest BCUT2D eigenvalue weighted by atomic mass is 9.98. The van der Waals surface area contributed by atoms with E-state index in [0.717, 1.165) is 52.3 Å². The number of rotatable bonds is 10. The largest absolute Gasteiger partial charge is 0.493 e. The van der Waals surface area contributed by atoms with Gasteiger partial charge in [0.15, 0.2) is 0 Å². The molecule has 0 spiro atoms. The third-order valence-electron chi connectivity index (χ3n) is 6.79. The van der Waals surface area contributed by atoms with E-state index in [2.05, 4.69) is 9.97 Å². The summed E-state index contributed by atoms with van der Waals surface area (Å²) in [6, 6.07) is 14.0. The van der Waals surface area contributed by atoms with E-state index in [1.165, 1.54) is 12.7 Å². The number of carbonyl (C=O) groups is 1. The van der Waals surface area contributed by atoms with Gasteiger partial charge in [0.1, 0.15) is 11.5 Å². The van der Waals surface area contributed by atoms with Crippen LogP contribution in [-0.4, -0.2) is 46.9 Å². The van der Waals surface area contributed by atoms with Gasteiger partial charge in [-0.25, -0.2) is 9.97 Å². The molecular weight excluding hydrogens is 486 g/mol. The maximum atomic E-state index is 11.1. The minimum atomic E-state index is -0.756. The van der Waals surface area contributed by atoms with Crippen LogP contribution in [0.3, 0.4) is 0 Å². The Morgan fingerprint density at radius 2 is 1.87 bits per heavy atom. The maximum Gasteiger partial charge on any atom is 0.319 e. The first-order valence-electron chi connectivity index (χ1n) is 12.4. The monoisotopic (exact) mass is 515 g/mol. The number of fused-ring (bicyclic) bond motifs is 1. The van der Waals surface area contributed by atoms with Crippen LogP contribution in [0.5, 0.6) is 17.6 Å². The fourth-order valence-corrected chi connectivity index (χ4v) is 4.84. The van der Waals surface area contributed by atoms with Crippen molar-refractivity contribution >= 4 is 5.97 Å². The number of hydrogen-bond donors (Lipinski definition) is 1. The number of carboxylic acids is 1. The van der Waals surface area contributed by atoms with Crippen LogP contribution >= 0.6 is 0 Å². The number of ether oxygens (including phenoxy) is 3. The van der Waals surface area contributed by atoms with Crippen LogP contribution in [0.4, 0.5) is 0 Å². The number of benzene rings is 2. The first-order chi connectivity index (χ1) is 18.4. The summed E-state index contributed by atoms with van der Waals surface area (Å²) in [6.45, 7) is 2.36. The number of aryl methyl sites for hydroxylation is 2. The molecule has 0 bridgehead atoms. The first-order valence-corrected chi connectivity index (χ1v) is 12.4. The molecule has 0 aliphatic heterocycles. The predicted molar refractivity (Wildman–Crippen MR) is 140 cm³/mol. The van der Waals surface area contributed by atoms with Crippen molar-refractivity contribution in [1.29, 1.82) is 0 Å². The van der Waals surface area contributed by atoms with Gasteiger partial charge in [-0.15, -0.1) is 0 Å². The average Bonchev–Trinajstić information content (AvgIpc) is 3.50. The van der Waals surface area contributed by atoms with Crippen LogP contribution in [0.25, 0.3) is 22.6 Å². The molecule has 1 N–H and O–H groups in total. The Morgan fingerprint density at radius 3 is 2.61 bits per heavy atom. The molecule has 0 unspecified atom stereocenters. The summed E-state index contributed by atoms with van der Waals surface area (Å²) >= 11 is 0. The second-order valence-corrected chi connectivity index (χ2v) is 9.17. The van der Waals surface area contributed by atoms with Crippen molar-refractivity contribution in [3.05, 3.63) is 71.2 Å². The Kier molecular flexibility index (Phi) is 7.26. The summed E-state index contributed by atoms with van der Waals surface area (Å²) in [5, 5.41) is 9.12. The van der Waals surface area contributed by atoms with Gasteiger partial charge in [0.05, 0.1) is 38.5 Å². The molecular formula is C29H29N3O6. The van der Waals surface area contributed by atoms with Crippen LogP contribution in [-0.2, 0) is 17.6 Å². The molecule has 1 aliphatic carbocycles. The number of hydrogen-bond acceptors (Lipinski definition) is 8. The van der Waals surface area contributed by atoms with Gasteiger partial charge in [0, 0.05) is 18.2 Å². The number of carboxylic acid groups (broad SMARTS) is 1. The van der Waals surface area contributed by atoms with Crippen molar-refractivity contribution in [3.8, 4) is 40.2 Å². The number of methoxy groups -OCH3 is 2. The molecule has 0 radical (unpaired) electrons. The number of aliphatic carboxylic acids is 1. The van der Waals surface area contributed by atoms with Crippen molar-refractivity contribution in [2.24, 2.45) is 0 Å². The molecule has 2 heterocycles. The number of oxazole rings is 1. The minimum Gasteiger partial charge on any atom is -0.493 e. The molecule has 1 aliphatic rings. The molecule has 9 nitrogen and oxygen atoms in total. The summed E-state index contributed by atoms with van der Waals surface area (Å²) in [7, 11) is 3.07. The minimum absolute atomic E-state index is 0.0911. The average molecular weight is 516 g/mol. The lowest BCUT2D eigenvalue weighted by Crippen LogP contribution is -2.04. The van der Waals surface area contributed by atoms with E-state index in [4.69, 9.17) is 28.7 Å². The smallest absolute Gasteiger partial charge is 0.319 e. The predicted octanol–water partition coefficient (Wildman–Crippen LogP) is 5.25. The summed E-state index contributed by atoms with van der Waals surface area (Å²) in [4.78, 5) is 24.2. The van der Waals surface area contributed by atoms with Gasteiger partial charge in [-0.3, -0.25) is 4.79 Å². The third kappa shape index (κ3) is 5.32. The topological polar surface area (TPSA) is 117 Å². The molecule has 1 atom stereocenters. The fourth-order valence-electron chi connectivity index (χ4n) is 4.84. The third-order valence-corrected chi connectivity index (χ3v) is 6.79. The van der Waals surface area contributed by atoms with Crippen LogP contribution in [0.2, 0.25) is 0 Å². The van der Waals surface area contributed by atoms with Gasteiger partial charge in [0.25, 0.3) is 0 Å². The molecule has 4 aromatic rings. The molecule has 0 saturated heterocycles. The Hall–Kier alpha value is -4.40. The molecule has 196 valence electrons.